The minimum absolute atomic E-state index is 0.0494. The van der Waals surface area contributed by atoms with Gasteiger partial charge in [-0.1, -0.05) is 26.7 Å². The average molecular weight is 285 g/mol. The zero-order valence-electron chi connectivity index (χ0n) is 13.7. The molecule has 4 nitrogen and oxygen atoms in total. The van der Waals surface area contributed by atoms with Crippen LogP contribution in [0.15, 0.2) is 0 Å². The summed E-state index contributed by atoms with van der Waals surface area (Å²) in [7, 11) is 0. The van der Waals surface area contributed by atoms with Crippen molar-refractivity contribution >= 4 is 5.97 Å². The van der Waals surface area contributed by atoms with E-state index < -0.39 is 0 Å². The average Bonchev–Trinajstić information content (AvgIpc) is 2.41. The van der Waals surface area contributed by atoms with Crippen molar-refractivity contribution in [1.82, 2.24) is 5.32 Å². The van der Waals surface area contributed by atoms with Gasteiger partial charge in [0.25, 0.3) is 0 Å². The summed E-state index contributed by atoms with van der Waals surface area (Å²) in [6, 6.07) is 0.354. The van der Waals surface area contributed by atoms with Gasteiger partial charge in [-0.05, 0) is 33.6 Å². The first-order valence-corrected chi connectivity index (χ1v) is 7.97. The van der Waals surface area contributed by atoms with Crippen LogP contribution < -0.4 is 5.32 Å². The molecule has 0 aromatic carbocycles. The molecule has 1 saturated heterocycles. The van der Waals surface area contributed by atoms with E-state index in [0.717, 1.165) is 25.7 Å². The van der Waals surface area contributed by atoms with Crippen molar-refractivity contribution in [2.24, 2.45) is 5.92 Å². The molecule has 4 heteroatoms. The minimum atomic E-state index is -0.159. The number of hydrogen-bond acceptors (Lipinski definition) is 4. The maximum Gasteiger partial charge on any atom is 0.308 e. The Morgan fingerprint density at radius 3 is 2.70 bits per heavy atom. The SMILES string of the molecule is CCCCC(CC)C(=O)OCC1COC(C)(C)C(C)N1. The van der Waals surface area contributed by atoms with Gasteiger partial charge in [-0.3, -0.25) is 4.79 Å². The predicted octanol–water partition coefficient (Wildman–Crippen LogP) is 2.90. The van der Waals surface area contributed by atoms with Crippen LogP contribution in [-0.2, 0) is 14.3 Å². The first-order chi connectivity index (χ1) is 9.40. The van der Waals surface area contributed by atoms with Crippen molar-refractivity contribution in [3.05, 3.63) is 0 Å². The lowest BCUT2D eigenvalue weighted by Crippen LogP contribution is -2.59. The molecule has 1 N–H and O–H groups in total. The number of nitrogens with one attached hydrogen (secondary N) is 1. The third-order valence-electron chi connectivity index (χ3n) is 4.34. The van der Waals surface area contributed by atoms with E-state index in [9.17, 15) is 4.79 Å². The van der Waals surface area contributed by atoms with E-state index in [1.807, 2.05) is 6.92 Å². The van der Waals surface area contributed by atoms with Crippen molar-refractivity contribution in [3.8, 4) is 0 Å². The Morgan fingerprint density at radius 2 is 2.15 bits per heavy atom. The van der Waals surface area contributed by atoms with Crippen LogP contribution in [0.5, 0.6) is 0 Å². The number of rotatable bonds is 7. The second-order valence-corrected chi connectivity index (χ2v) is 6.38. The van der Waals surface area contributed by atoms with Gasteiger partial charge in [-0.2, -0.15) is 0 Å². The molecule has 0 spiro atoms. The standard InChI is InChI=1S/C16H31NO3/c1-6-8-9-13(7-2)15(18)19-10-14-11-20-16(4,5)12(3)17-14/h12-14,17H,6-11H2,1-5H3. The van der Waals surface area contributed by atoms with Crippen LogP contribution in [0.2, 0.25) is 0 Å². The second kappa shape index (κ2) is 7.99. The summed E-state index contributed by atoms with van der Waals surface area (Å²) in [5.74, 6) is -0.00596. The van der Waals surface area contributed by atoms with Gasteiger partial charge in [0.05, 0.1) is 24.2 Å². The largest absolute Gasteiger partial charge is 0.464 e. The molecule has 0 amide bonds. The molecule has 0 aliphatic carbocycles. The Balaban J connectivity index is 2.34. The van der Waals surface area contributed by atoms with Gasteiger partial charge in [-0.25, -0.2) is 0 Å². The number of unbranched alkanes of at least 4 members (excludes halogenated alkanes) is 1. The Kier molecular flexibility index (Phi) is 6.96. The van der Waals surface area contributed by atoms with E-state index in [-0.39, 0.29) is 29.6 Å². The first kappa shape index (κ1) is 17.4. The summed E-state index contributed by atoms with van der Waals surface area (Å²) in [6.07, 6.45) is 4.00. The molecule has 0 aromatic heterocycles. The van der Waals surface area contributed by atoms with E-state index in [1.54, 1.807) is 0 Å². The smallest absolute Gasteiger partial charge is 0.308 e. The molecular weight excluding hydrogens is 254 g/mol. The molecule has 20 heavy (non-hydrogen) atoms. The normalized spacial score (nSPS) is 27.1. The topological polar surface area (TPSA) is 47.6 Å². The highest BCUT2D eigenvalue weighted by molar-refractivity contribution is 5.72. The summed E-state index contributed by atoms with van der Waals surface area (Å²) < 4.78 is 11.3. The lowest BCUT2D eigenvalue weighted by molar-refractivity contribution is -0.153. The molecule has 1 rings (SSSR count). The van der Waals surface area contributed by atoms with E-state index in [1.165, 1.54) is 0 Å². The molecule has 1 aliphatic rings. The van der Waals surface area contributed by atoms with Gasteiger partial charge >= 0.3 is 5.97 Å². The van der Waals surface area contributed by atoms with Gasteiger partial charge < -0.3 is 14.8 Å². The molecule has 118 valence electrons. The fourth-order valence-electron chi connectivity index (χ4n) is 2.38. The van der Waals surface area contributed by atoms with Crippen LogP contribution in [-0.4, -0.2) is 36.9 Å². The maximum absolute atomic E-state index is 12.0. The quantitative estimate of drug-likeness (QED) is 0.731. The van der Waals surface area contributed by atoms with Gasteiger partial charge in [0.1, 0.15) is 6.61 Å². The Morgan fingerprint density at radius 1 is 1.45 bits per heavy atom. The van der Waals surface area contributed by atoms with Crippen LogP contribution in [0.3, 0.4) is 0 Å². The Labute approximate surface area is 123 Å². The minimum Gasteiger partial charge on any atom is -0.464 e. The van der Waals surface area contributed by atoms with Crippen molar-refractivity contribution in [3.63, 3.8) is 0 Å². The van der Waals surface area contributed by atoms with E-state index in [0.29, 0.717) is 13.2 Å². The molecular formula is C16H31NO3. The first-order valence-electron chi connectivity index (χ1n) is 7.97. The molecule has 0 aromatic rings. The summed E-state index contributed by atoms with van der Waals surface area (Å²) >= 11 is 0. The summed E-state index contributed by atoms with van der Waals surface area (Å²) in [6.45, 7) is 11.4. The highest BCUT2D eigenvalue weighted by Gasteiger charge is 2.34. The molecule has 3 atom stereocenters. The number of carbonyl (C=O) groups is 1. The highest BCUT2D eigenvalue weighted by atomic mass is 16.5. The lowest BCUT2D eigenvalue weighted by Gasteiger charge is -2.41. The van der Waals surface area contributed by atoms with Crippen molar-refractivity contribution in [2.75, 3.05) is 13.2 Å². The van der Waals surface area contributed by atoms with E-state index in [2.05, 4.69) is 33.0 Å². The van der Waals surface area contributed by atoms with Gasteiger partial charge in [0.2, 0.25) is 0 Å². The number of morpholine rings is 1. The number of carbonyl (C=O) groups excluding carboxylic acids is 1. The predicted molar refractivity (Wildman–Crippen MR) is 80.7 cm³/mol. The third-order valence-corrected chi connectivity index (χ3v) is 4.34. The number of hydrogen-bond donors (Lipinski definition) is 1. The summed E-state index contributed by atoms with van der Waals surface area (Å²) in [5, 5.41) is 3.46. The van der Waals surface area contributed by atoms with Crippen LogP contribution >= 0.6 is 0 Å². The molecule has 0 bridgehead atoms. The summed E-state index contributed by atoms with van der Waals surface area (Å²) in [4.78, 5) is 12.0. The van der Waals surface area contributed by atoms with E-state index in [4.69, 9.17) is 9.47 Å². The van der Waals surface area contributed by atoms with Crippen molar-refractivity contribution in [1.29, 1.82) is 0 Å². The molecule has 1 heterocycles. The fourth-order valence-corrected chi connectivity index (χ4v) is 2.38. The second-order valence-electron chi connectivity index (χ2n) is 6.38. The van der Waals surface area contributed by atoms with Crippen LogP contribution in [0, 0.1) is 5.92 Å². The highest BCUT2D eigenvalue weighted by Crippen LogP contribution is 2.20. The monoisotopic (exact) mass is 285 g/mol. The van der Waals surface area contributed by atoms with E-state index >= 15 is 0 Å². The summed E-state index contributed by atoms with van der Waals surface area (Å²) in [5.41, 5.74) is -0.159. The molecule has 0 radical (unpaired) electrons. The van der Waals surface area contributed by atoms with Gasteiger partial charge in [-0.15, -0.1) is 0 Å². The van der Waals surface area contributed by atoms with Gasteiger partial charge in [0, 0.05) is 6.04 Å². The number of ether oxygens (including phenoxy) is 2. The molecule has 1 fully saturated rings. The van der Waals surface area contributed by atoms with Crippen LogP contribution in [0.1, 0.15) is 60.3 Å². The zero-order valence-corrected chi connectivity index (χ0v) is 13.7. The molecule has 1 aliphatic heterocycles. The van der Waals surface area contributed by atoms with Crippen LogP contribution in [0.4, 0.5) is 0 Å². The zero-order chi connectivity index (χ0) is 15.2. The van der Waals surface area contributed by atoms with Crippen molar-refractivity contribution in [2.45, 2.75) is 78.0 Å². The Hall–Kier alpha value is -0.610. The third kappa shape index (κ3) is 5.06. The Bertz CT molecular complexity index is 304. The van der Waals surface area contributed by atoms with Crippen LogP contribution in [0.25, 0.3) is 0 Å². The van der Waals surface area contributed by atoms with Gasteiger partial charge in [0.15, 0.2) is 0 Å². The molecule has 3 unspecified atom stereocenters. The maximum atomic E-state index is 12.0. The lowest BCUT2D eigenvalue weighted by atomic mass is 9.97. The number of esters is 1. The molecule has 0 saturated carbocycles. The fraction of sp³-hybridized carbons (Fsp3) is 0.938. The van der Waals surface area contributed by atoms with Crippen molar-refractivity contribution < 1.29 is 14.3 Å².